The topological polar surface area (TPSA) is 40.5 Å². The van der Waals surface area contributed by atoms with Gasteiger partial charge in [0.1, 0.15) is 0 Å². The van der Waals surface area contributed by atoms with Crippen molar-refractivity contribution in [3.8, 4) is 0 Å². The molecule has 0 spiro atoms. The van der Waals surface area contributed by atoms with Crippen LogP contribution in [0, 0.1) is 0 Å². The van der Waals surface area contributed by atoms with E-state index in [1.807, 2.05) is 0 Å². The van der Waals surface area contributed by atoms with Crippen molar-refractivity contribution >= 4 is 31.9 Å². The minimum absolute atomic E-state index is 0.305. The highest BCUT2D eigenvalue weighted by Crippen LogP contribution is 2.14. The summed E-state index contributed by atoms with van der Waals surface area (Å²) in [7, 11) is 0. The molecule has 0 saturated heterocycles. The van der Waals surface area contributed by atoms with Crippen molar-refractivity contribution in [3.05, 3.63) is 35.4 Å². The van der Waals surface area contributed by atoms with Crippen LogP contribution in [-0.4, -0.2) is 23.4 Å². The molecule has 0 unspecified atom stereocenters. The summed E-state index contributed by atoms with van der Waals surface area (Å²) in [5.74, 6) is 0. The molecule has 0 radical (unpaired) electrons. The summed E-state index contributed by atoms with van der Waals surface area (Å²) in [4.78, 5) is 0. The number of benzene rings is 1. The van der Waals surface area contributed by atoms with Gasteiger partial charge in [-0.1, -0.05) is 75.4 Å². The van der Waals surface area contributed by atoms with Gasteiger partial charge in [-0.3, -0.25) is 0 Å². The Balaban J connectivity index is 0.000000344. The Bertz CT molecular complexity index is 277. The summed E-state index contributed by atoms with van der Waals surface area (Å²) < 4.78 is 0. The summed E-state index contributed by atoms with van der Waals surface area (Å²) in [6, 6.07) is 8.38. The summed E-state index contributed by atoms with van der Waals surface area (Å²) in [5, 5.41) is 18.6. The zero-order chi connectivity index (χ0) is 14.3. The lowest BCUT2D eigenvalue weighted by atomic mass is 10.1. The molecule has 2 nitrogen and oxygen atoms in total. The SMILES string of the molecule is BrCc1ccccc1CBr.OCCCCCCCO. The quantitative estimate of drug-likeness (QED) is 0.505. The van der Waals surface area contributed by atoms with Gasteiger partial charge in [0.15, 0.2) is 0 Å². The fourth-order valence-corrected chi connectivity index (χ4v) is 2.67. The maximum Gasteiger partial charge on any atom is 0.0431 e. The molecule has 2 N–H and O–H groups in total. The van der Waals surface area contributed by atoms with Crippen molar-refractivity contribution in [2.24, 2.45) is 0 Å². The van der Waals surface area contributed by atoms with Crippen LogP contribution in [0.4, 0.5) is 0 Å². The second-order valence-electron chi connectivity index (χ2n) is 4.25. The van der Waals surface area contributed by atoms with Crippen LogP contribution in [0.15, 0.2) is 24.3 Å². The van der Waals surface area contributed by atoms with Crippen LogP contribution in [0.25, 0.3) is 0 Å². The van der Waals surface area contributed by atoms with E-state index in [0.717, 1.165) is 42.8 Å². The molecule has 0 aliphatic rings. The Kier molecular flexibility index (Phi) is 14.6. The molecule has 0 atom stereocenters. The van der Waals surface area contributed by atoms with E-state index in [1.54, 1.807) is 0 Å². The van der Waals surface area contributed by atoms with Crippen LogP contribution in [0.2, 0.25) is 0 Å². The highest BCUT2D eigenvalue weighted by molar-refractivity contribution is 9.09. The maximum absolute atomic E-state index is 8.37. The van der Waals surface area contributed by atoms with E-state index in [0.29, 0.717) is 13.2 Å². The molecule has 0 bridgehead atoms. The van der Waals surface area contributed by atoms with E-state index in [1.165, 1.54) is 11.1 Å². The number of unbranched alkanes of at least 4 members (excludes halogenated alkanes) is 4. The first-order valence-corrected chi connectivity index (χ1v) is 8.94. The summed E-state index contributed by atoms with van der Waals surface area (Å²) in [5.41, 5.74) is 2.72. The predicted molar refractivity (Wildman–Crippen MR) is 89.0 cm³/mol. The second kappa shape index (κ2) is 14.5. The molecule has 0 aliphatic carbocycles. The Morgan fingerprint density at radius 2 is 1.05 bits per heavy atom. The number of hydrogen-bond donors (Lipinski definition) is 2. The molecule has 1 aromatic carbocycles. The fourth-order valence-electron chi connectivity index (χ4n) is 1.57. The molecule has 0 amide bonds. The molecular formula is C15H24Br2O2. The van der Waals surface area contributed by atoms with Gasteiger partial charge in [0.05, 0.1) is 0 Å². The largest absolute Gasteiger partial charge is 0.396 e. The van der Waals surface area contributed by atoms with Crippen LogP contribution in [-0.2, 0) is 10.7 Å². The summed E-state index contributed by atoms with van der Waals surface area (Å²) >= 11 is 6.86. The third kappa shape index (κ3) is 10.5. The summed E-state index contributed by atoms with van der Waals surface area (Å²) in [6.07, 6.45) is 5.14. The molecule has 19 heavy (non-hydrogen) atoms. The zero-order valence-electron chi connectivity index (χ0n) is 11.3. The van der Waals surface area contributed by atoms with Crippen LogP contribution >= 0.6 is 31.9 Å². The third-order valence-electron chi connectivity index (χ3n) is 2.72. The monoisotopic (exact) mass is 394 g/mol. The maximum atomic E-state index is 8.37. The van der Waals surface area contributed by atoms with Gasteiger partial charge in [-0.05, 0) is 24.0 Å². The van der Waals surface area contributed by atoms with E-state index in [4.69, 9.17) is 10.2 Å². The number of halogens is 2. The Morgan fingerprint density at radius 3 is 1.37 bits per heavy atom. The molecule has 0 heterocycles. The molecule has 0 aromatic heterocycles. The average molecular weight is 396 g/mol. The van der Waals surface area contributed by atoms with Crippen molar-refractivity contribution < 1.29 is 10.2 Å². The van der Waals surface area contributed by atoms with Gasteiger partial charge in [0.25, 0.3) is 0 Å². The van der Waals surface area contributed by atoms with E-state index in [2.05, 4.69) is 56.1 Å². The predicted octanol–water partition coefficient (Wildman–Crippen LogP) is 4.40. The van der Waals surface area contributed by atoms with Crippen molar-refractivity contribution in [3.63, 3.8) is 0 Å². The molecular weight excluding hydrogens is 372 g/mol. The normalized spacial score (nSPS) is 9.89. The Labute approximate surface area is 133 Å². The van der Waals surface area contributed by atoms with Gasteiger partial charge in [0, 0.05) is 23.9 Å². The smallest absolute Gasteiger partial charge is 0.0431 e. The molecule has 0 fully saturated rings. The highest BCUT2D eigenvalue weighted by Gasteiger charge is 1.95. The molecule has 4 heteroatoms. The van der Waals surface area contributed by atoms with Gasteiger partial charge in [-0.15, -0.1) is 0 Å². The number of rotatable bonds is 8. The minimum Gasteiger partial charge on any atom is -0.396 e. The van der Waals surface area contributed by atoms with Crippen LogP contribution in [0.5, 0.6) is 0 Å². The van der Waals surface area contributed by atoms with Gasteiger partial charge in [-0.2, -0.15) is 0 Å². The number of hydrogen-bond acceptors (Lipinski definition) is 2. The number of aliphatic hydroxyl groups excluding tert-OH is 2. The van der Waals surface area contributed by atoms with E-state index >= 15 is 0 Å². The van der Waals surface area contributed by atoms with Gasteiger partial charge < -0.3 is 10.2 Å². The van der Waals surface area contributed by atoms with Crippen LogP contribution < -0.4 is 0 Å². The number of alkyl halides is 2. The molecule has 1 aromatic rings. The van der Waals surface area contributed by atoms with Crippen molar-refractivity contribution in [2.75, 3.05) is 13.2 Å². The summed E-state index contributed by atoms with van der Waals surface area (Å²) in [6.45, 7) is 0.609. The van der Waals surface area contributed by atoms with Crippen molar-refractivity contribution in [2.45, 2.75) is 42.8 Å². The second-order valence-corrected chi connectivity index (χ2v) is 5.37. The minimum atomic E-state index is 0.305. The van der Waals surface area contributed by atoms with E-state index in [9.17, 15) is 0 Å². The zero-order valence-corrected chi connectivity index (χ0v) is 14.5. The molecule has 0 saturated carbocycles. The number of aliphatic hydroxyl groups is 2. The third-order valence-corrected chi connectivity index (χ3v) is 3.93. The van der Waals surface area contributed by atoms with E-state index < -0.39 is 0 Å². The van der Waals surface area contributed by atoms with Gasteiger partial charge >= 0.3 is 0 Å². The van der Waals surface area contributed by atoms with Crippen LogP contribution in [0.1, 0.15) is 43.2 Å². The first-order chi connectivity index (χ1) is 9.29. The van der Waals surface area contributed by atoms with E-state index in [-0.39, 0.29) is 0 Å². The average Bonchev–Trinajstić information content (AvgIpc) is 2.47. The lowest BCUT2D eigenvalue weighted by Crippen LogP contribution is -1.85. The fraction of sp³-hybridized carbons (Fsp3) is 0.600. The molecule has 0 aliphatic heterocycles. The highest BCUT2D eigenvalue weighted by atomic mass is 79.9. The first-order valence-electron chi connectivity index (χ1n) is 6.70. The van der Waals surface area contributed by atoms with Crippen molar-refractivity contribution in [1.82, 2.24) is 0 Å². The molecule has 1 rings (SSSR count). The molecule has 110 valence electrons. The lowest BCUT2D eigenvalue weighted by Gasteiger charge is -2.00. The van der Waals surface area contributed by atoms with Gasteiger partial charge in [0.2, 0.25) is 0 Å². The first kappa shape index (κ1) is 19.1. The van der Waals surface area contributed by atoms with Crippen LogP contribution in [0.3, 0.4) is 0 Å². The lowest BCUT2D eigenvalue weighted by molar-refractivity contribution is 0.272. The standard InChI is InChI=1S/C8H8Br2.C7H16O2/c9-5-7-3-1-2-4-8(7)6-10;8-6-4-2-1-3-5-7-9/h1-4H,5-6H2;8-9H,1-7H2. The Hall–Kier alpha value is 0.1000. The van der Waals surface area contributed by atoms with Gasteiger partial charge in [-0.25, -0.2) is 0 Å². The Morgan fingerprint density at radius 1 is 0.684 bits per heavy atom. The van der Waals surface area contributed by atoms with Crippen molar-refractivity contribution in [1.29, 1.82) is 0 Å².